The van der Waals surface area contributed by atoms with Crippen molar-refractivity contribution in [2.45, 2.75) is 32.0 Å². The van der Waals surface area contributed by atoms with Crippen LogP contribution in [-0.4, -0.2) is 11.7 Å². The lowest BCUT2D eigenvalue weighted by molar-refractivity contribution is 0.00304. The molecule has 0 aliphatic carbocycles. The minimum Gasteiger partial charge on any atom is -0.388 e. The molecule has 0 amide bonds. The normalized spacial score (nSPS) is 19.1. The number of hydrogen-bond donors (Lipinski definition) is 1. The molecule has 2 unspecified atom stereocenters. The highest BCUT2D eigenvalue weighted by Crippen LogP contribution is 2.34. The summed E-state index contributed by atoms with van der Waals surface area (Å²) in [5, 5.41) is 10.4. The summed E-state index contributed by atoms with van der Waals surface area (Å²) in [4.78, 5) is 0. The summed E-state index contributed by atoms with van der Waals surface area (Å²) in [5.41, 5.74) is 3.55. The molecule has 1 aliphatic rings. The highest BCUT2D eigenvalue weighted by atomic mass is 19.1. The van der Waals surface area contributed by atoms with Crippen molar-refractivity contribution in [3.8, 4) is 0 Å². The van der Waals surface area contributed by atoms with Crippen LogP contribution in [0.4, 0.5) is 4.39 Å². The van der Waals surface area contributed by atoms with Crippen LogP contribution in [0.25, 0.3) is 0 Å². The first-order valence-electron chi connectivity index (χ1n) is 7.28. The molecule has 1 N–H and O–H groups in total. The molecule has 0 aromatic heterocycles. The van der Waals surface area contributed by atoms with Gasteiger partial charge in [0.1, 0.15) is 5.82 Å². The van der Waals surface area contributed by atoms with Crippen molar-refractivity contribution in [1.82, 2.24) is 0 Å². The van der Waals surface area contributed by atoms with Crippen molar-refractivity contribution in [3.63, 3.8) is 0 Å². The fourth-order valence-corrected chi connectivity index (χ4v) is 2.90. The van der Waals surface area contributed by atoms with Gasteiger partial charge in [0.05, 0.1) is 18.8 Å². The molecule has 2 nitrogen and oxygen atoms in total. The van der Waals surface area contributed by atoms with Gasteiger partial charge in [-0.05, 0) is 36.1 Å². The van der Waals surface area contributed by atoms with E-state index in [2.05, 4.69) is 6.07 Å². The fourth-order valence-electron chi connectivity index (χ4n) is 2.90. The largest absolute Gasteiger partial charge is 0.388 e. The van der Waals surface area contributed by atoms with Crippen LogP contribution < -0.4 is 0 Å². The maximum atomic E-state index is 14.0. The number of aryl methyl sites for hydroxylation is 1. The van der Waals surface area contributed by atoms with E-state index >= 15 is 0 Å². The third-order valence-electron chi connectivity index (χ3n) is 4.04. The predicted octanol–water partition coefficient (Wildman–Crippen LogP) is 3.87. The monoisotopic (exact) mass is 286 g/mol. The first-order chi connectivity index (χ1) is 10.1. The average molecular weight is 286 g/mol. The van der Waals surface area contributed by atoms with E-state index in [4.69, 9.17) is 4.74 Å². The summed E-state index contributed by atoms with van der Waals surface area (Å²) < 4.78 is 19.7. The lowest BCUT2D eigenvalue weighted by Crippen LogP contribution is -2.18. The number of aliphatic hydroxyl groups excluding tert-OH is 1. The van der Waals surface area contributed by atoms with Gasteiger partial charge in [0.2, 0.25) is 0 Å². The summed E-state index contributed by atoms with van der Waals surface area (Å²) in [6, 6.07) is 13.0. The van der Waals surface area contributed by atoms with E-state index < -0.39 is 6.10 Å². The molecule has 0 radical (unpaired) electrons. The van der Waals surface area contributed by atoms with Gasteiger partial charge in [-0.1, -0.05) is 36.4 Å². The first-order valence-corrected chi connectivity index (χ1v) is 7.28. The van der Waals surface area contributed by atoms with Gasteiger partial charge < -0.3 is 9.84 Å². The average Bonchev–Trinajstić information content (AvgIpc) is 2.47. The van der Waals surface area contributed by atoms with Gasteiger partial charge in [-0.25, -0.2) is 4.39 Å². The Kier molecular flexibility index (Phi) is 4.04. The maximum absolute atomic E-state index is 14.0. The lowest BCUT2D eigenvalue weighted by atomic mass is 9.92. The van der Waals surface area contributed by atoms with Crippen LogP contribution in [0.3, 0.4) is 0 Å². The van der Waals surface area contributed by atoms with E-state index in [0.29, 0.717) is 18.6 Å². The molecule has 3 heteroatoms. The molecule has 21 heavy (non-hydrogen) atoms. The molecule has 0 fully saturated rings. The number of aliphatic hydroxyl groups is 1. The summed E-state index contributed by atoms with van der Waals surface area (Å²) in [7, 11) is 0. The van der Waals surface area contributed by atoms with E-state index in [1.165, 1.54) is 11.6 Å². The zero-order chi connectivity index (χ0) is 14.8. The zero-order valence-corrected chi connectivity index (χ0v) is 12.1. The minimum atomic E-state index is -0.859. The van der Waals surface area contributed by atoms with Crippen molar-refractivity contribution in [2.75, 3.05) is 6.61 Å². The van der Waals surface area contributed by atoms with Crippen LogP contribution in [0.15, 0.2) is 42.5 Å². The molecule has 3 rings (SSSR count). The SMILES string of the molecule is Cc1ccc(C(O)CC2OCCc3ccccc32)c(F)c1. The fraction of sp³-hybridized carbons (Fsp3) is 0.333. The molecule has 110 valence electrons. The van der Waals surface area contributed by atoms with Gasteiger partial charge in [0.25, 0.3) is 0 Å². The van der Waals surface area contributed by atoms with Crippen molar-refractivity contribution in [2.24, 2.45) is 0 Å². The Morgan fingerprint density at radius 3 is 2.90 bits per heavy atom. The van der Waals surface area contributed by atoms with E-state index in [9.17, 15) is 9.50 Å². The molecule has 0 spiro atoms. The second-order valence-electron chi connectivity index (χ2n) is 5.58. The summed E-state index contributed by atoms with van der Waals surface area (Å²) in [5.74, 6) is -0.355. The molecule has 2 aromatic rings. The van der Waals surface area contributed by atoms with Crippen LogP contribution in [-0.2, 0) is 11.2 Å². The Hall–Kier alpha value is -1.71. The lowest BCUT2D eigenvalue weighted by Gasteiger charge is -2.28. The van der Waals surface area contributed by atoms with E-state index in [0.717, 1.165) is 17.5 Å². The second-order valence-corrected chi connectivity index (χ2v) is 5.58. The molecule has 2 aromatic carbocycles. The van der Waals surface area contributed by atoms with Gasteiger partial charge in [-0.15, -0.1) is 0 Å². The van der Waals surface area contributed by atoms with Crippen LogP contribution in [0.5, 0.6) is 0 Å². The molecule has 0 bridgehead atoms. The molecule has 0 saturated heterocycles. The standard InChI is InChI=1S/C18H19FO2/c1-12-6-7-15(16(19)10-12)17(20)11-18-14-5-3-2-4-13(14)8-9-21-18/h2-7,10,17-18,20H,8-9,11H2,1H3. The molecular formula is C18H19FO2. The molecule has 1 heterocycles. The smallest absolute Gasteiger partial charge is 0.129 e. The van der Waals surface area contributed by atoms with Gasteiger partial charge in [-0.3, -0.25) is 0 Å². The number of benzene rings is 2. The third-order valence-corrected chi connectivity index (χ3v) is 4.04. The van der Waals surface area contributed by atoms with Gasteiger partial charge in [-0.2, -0.15) is 0 Å². The Labute approximate surface area is 124 Å². The van der Waals surface area contributed by atoms with Crippen LogP contribution >= 0.6 is 0 Å². The van der Waals surface area contributed by atoms with Gasteiger partial charge in [0.15, 0.2) is 0 Å². The number of fused-ring (bicyclic) bond motifs is 1. The van der Waals surface area contributed by atoms with E-state index in [1.807, 2.05) is 31.2 Å². The zero-order valence-electron chi connectivity index (χ0n) is 12.1. The predicted molar refractivity (Wildman–Crippen MR) is 79.6 cm³/mol. The van der Waals surface area contributed by atoms with E-state index in [-0.39, 0.29) is 11.9 Å². The van der Waals surface area contributed by atoms with Crippen LogP contribution in [0.1, 0.15) is 40.9 Å². The highest BCUT2D eigenvalue weighted by Gasteiger charge is 2.25. The third kappa shape index (κ3) is 2.99. The Balaban J connectivity index is 1.81. The maximum Gasteiger partial charge on any atom is 0.129 e. The van der Waals surface area contributed by atoms with Crippen LogP contribution in [0.2, 0.25) is 0 Å². The number of ether oxygens (including phenoxy) is 1. The van der Waals surface area contributed by atoms with Crippen molar-refractivity contribution >= 4 is 0 Å². The van der Waals surface area contributed by atoms with Crippen molar-refractivity contribution in [3.05, 3.63) is 70.5 Å². The quantitative estimate of drug-likeness (QED) is 0.928. The molecule has 2 atom stereocenters. The van der Waals surface area contributed by atoms with Gasteiger partial charge >= 0.3 is 0 Å². The number of rotatable bonds is 3. The number of hydrogen-bond acceptors (Lipinski definition) is 2. The minimum absolute atomic E-state index is 0.175. The molecule has 0 saturated carbocycles. The topological polar surface area (TPSA) is 29.5 Å². The highest BCUT2D eigenvalue weighted by molar-refractivity contribution is 5.32. The number of halogens is 1. The first kappa shape index (κ1) is 14.2. The van der Waals surface area contributed by atoms with E-state index in [1.54, 1.807) is 6.07 Å². The Morgan fingerprint density at radius 2 is 2.10 bits per heavy atom. The van der Waals surface area contributed by atoms with Crippen LogP contribution in [0, 0.1) is 12.7 Å². The van der Waals surface area contributed by atoms with Crippen molar-refractivity contribution in [1.29, 1.82) is 0 Å². The molecular weight excluding hydrogens is 267 g/mol. The summed E-state index contributed by atoms with van der Waals surface area (Å²) >= 11 is 0. The Bertz CT molecular complexity index is 639. The molecule has 1 aliphatic heterocycles. The van der Waals surface area contributed by atoms with Gasteiger partial charge in [0, 0.05) is 12.0 Å². The second kappa shape index (κ2) is 5.96. The Morgan fingerprint density at radius 1 is 1.29 bits per heavy atom. The summed E-state index contributed by atoms with van der Waals surface area (Å²) in [6.07, 6.45) is 0.228. The summed E-state index contributed by atoms with van der Waals surface area (Å²) in [6.45, 7) is 2.48. The van der Waals surface area contributed by atoms with Crippen molar-refractivity contribution < 1.29 is 14.2 Å².